The first-order valence-electron chi connectivity index (χ1n) is 2.16. The second-order valence-electron chi connectivity index (χ2n) is 1.09. The number of hydrogen-bond donors (Lipinski definition) is 0. The highest BCUT2D eigenvalue weighted by Crippen LogP contribution is 1.78. The van der Waals surface area contributed by atoms with Gasteiger partial charge in [-0.15, -0.1) is 0 Å². The first kappa shape index (κ1) is 6.88. The fourth-order valence-electron chi connectivity index (χ4n) is 0.214. The van der Waals surface area contributed by atoms with Gasteiger partial charge in [0.1, 0.15) is 6.61 Å². The van der Waals surface area contributed by atoms with E-state index in [2.05, 4.69) is 4.74 Å². The molecular weight excluding hydrogens is 96.0 g/mol. The van der Waals surface area contributed by atoms with Crippen molar-refractivity contribution < 1.29 is 14.9 Å². The van der Waals surface area contributed by atoms with Crippen LogP contribution in [-0.4, -0.2) is 19.5 Å². The third kappa shape index (κ3) is 5.88. The van der Waals surface area contributed by atoms with Crippen LogP contribution in [0.4, 0.5) is 0 Å². The highest BCUT2D eigenvalue weighted by molar-refractivity contribution is 4.26. The molecule has 0 atom stereocenters. The van der Waals surface area contributed by atoms with E-state index in [1.54, 1.807) is 6.92 Å². The normalized spacial score (nSPS) is 10.3. The van der Waals surface area contributed by atoms with Crippen molar-refractivity contribution in [2.75, 3.05) is 13.2 Å². The van der Waals surface area contributed by atoms with Crippen LogP contribution in [0.25, 0.3) is 0 Å². The molecule has 0 aromatic heterocycles. The van der Waals surface area contributed by atoms with Crippen LogP contribution in [0.5, 0.6) is 0 Å². The van der Waals surface area contributed by atoms with Crippen LogP contribution >= 0.6 is 0 Å². The first-order chi connectivity index (χ1) is 3.27. The molecule has 3 nitrogen and oxygen atoms in total. The Morgan fingerprint density at radius 1 is 1.57 bits per heavy atom. The molecule has 7 heavy (non-hydrogen) atoms. The molecule has 0 amide bonds. The largest absolute Gasteiger partial charge is 0.376 e. The Morgan fingerprint density at radius 3 is 2.29 bits per heavy atom. The second kappa shape index (κ2) is 4.05. The van der Waals surface area contributed by atoms with E-state index in [4.69, 9.17) is 0 Å². The molecule has 0 fully saturated rings. The van der Waals surface area contributed by atoms with E-state index in [9.17, 15) is 10.2 Å². The van der Waals surface area contributed by atoms with Crippen molar-refractivity contribution in [1.82, 2.24) is 0 Å². The Labute approximate surface area is 42.5 Å². The average Bonchev–Trinajstić information content (AvgIpc) is 1.61. The van der Waals surface area contributed by atoms with Crippen molar-refractivity contribution in [3.8, 4) is 0 Å². The van der Waals surface area contributed by atoms with Crippen LogP contribution in [0, 0.1) is 0 Å². The zero-order valence-electron chi connectivity index (χ0n) is 4.22. The molecule has 3 heteroatoms. The third-order valence-corrected chi connectivity index (χ3v) is 0.458. The molecule has 0 aromatic rings. The molecular formula is C4H8O3. The maximum atomic E-state index is 9.61. The molecule has 0 saturated carbocycles. The van der Waals surface area contributed by atoms with Gasteiger partial charge in [-0.05, 0) is 6.92 Å². The van der Waals surface area contributed by atoms with E-state index in [0.717, 1.165) is 0 Å². The molecule has 0 aliphatic heterocycles. The van der Waals surface area contributed by atoms with Crippen LogP contribution in [0.1, 0.15) is 6.92 Å². The summed E-state index contributed by atoms with van der Waals surface area (Å²) in [6.45, 7) is 1.97. The van der Waals surface area contributed by atoms with Crippen LogP contribution < -0.4 is 0 Å². The van der Waals surface area contributed by atoms with Crippen LogP contribution in [0.2, 0.25) is 0 Å². The van der Waals surface area contributed by atoms with Gasteiger partial charge in [0.15, 0.2) is 0 Å². The Bertz CT molecular complexity index is 35.9. The molecule has 0 rings (SSSR count). The van der Waals surface area contributed by atoms with Crippen LogP contribution in [-0.2, 0) is 14.9 Å². The lowest BCUT2D eigenvalue weighted by Gasteiger charge is -1.95. The molecule has 0 aliphatic rings. The maximum absolute atomic E-state index is 9.61. The summed E-state index contributed by atoms with van der Waals surface area (Å²) in [4.78, 5) is 0. The molecule has 0 heterocycles. The summed E-state index contributed by atoms with van der Waals surface area (Å²) in [6.07, 6.45) is -1.82. The van der Waals surface area contributed by atoms with Crippen molar-refractivity contribution in [2.45, 2.75) is 13.2 Å². The summed E-state index contributed by atoms with van der Waals surface area (Å²) in [6, 6.07) is 0. The quantitative estimate of drug-likeness (QED) is 0.472. The van der Waals surface area contributed by atoms with Crippen molar-refractivity contribution in [2.24, 2.45) is 0 Å². The van der Waals surface area contributed by atoms with Gasteiger partial charge in [-0.2, -0.15) is 10.2 Å². The van der Waals surface area contributed by atoms with Gasteiger partial charge in [0.25, 0.3) is 0 Å². The molecule has 0 bridgehead atoms. The Balaban J connectivity index is 2.68. The smallest absolute Gasteiger partial charge is 0.247 e. The molecule has 0 saturated heterocycles. The fourth-order valence-corrected chi connectivity index (χ4v) is 0.214. The molecule has 2 radical (unpaired) electrons. The predicted octanol–water partition coefficient (Wildman–Crippen LogP) is 0.210. The summed E-state index contributed by atoms with van der Waals surface area (Å²) in [5.41, 5.74) is 0. The molecule has 0 aromatic carbocycles. The van der Waals surface area contributed by atoms with Gasteiger partial charge < -0.3 is 4.74 Å². The fraction of sp³-hybridized carbons (Fsp3) is 1.00. The summed E-state index contributed by atoms with van der Waals surface area (Å²) < 4.78 is 4.47. The lowest BCUT2D eigenvalue weighted by molar-refractivity contribution is -0.169. The van der Waals surface area contributed by atoms with E-state index < -0.39 is 6.29 Å². The van der Waals surface area contributed by atoms with Crippen molar-refractivity contribution in [3.05, 3.63) is 0 Å². The van der Waals surface area contributed by atoms with Crippen molar-refractivity contribution in [1.29, 1.82) is 0 Å². The number of hydrogen-bond acceptors (Lipinski definition) is 1. The van der Waals surface area contributed by atoms with Gasteiger partial charge in [-0.1, -0.05) is 0 Å². The standard InChI is InChI=1S/C4H8O3/c1-2-7-3-4(5)6/h4H,2-3H2,1H3. The van der Waals surface area contributed by atoms with Crippen LogP contribution in [0.3, 0.4) is 0 Å². The monoisotopic (exact) mass is 104 g/mol. The van der Waals surface area contributed by atoms with E-state index in [-0.39, 0.29) is 6.61 Å². The summed E-state index contributed by atoms with van der Waals surface area (Å²) >= 11 is 0. The number of ether oxygens (including phenoxy) is 1. The summed E-state index contributed by atoms with van der Waals surface area (Å²) in [5.74, 6) is 0. The van der Waals surface area contributed by atoms with E-state index >= 15 is 0 Å². The second-order valence-corrected chi connectivity index (χ2v) is 1.09. The minimum atomic E-state index is -1.82. The lowest BCUT2D eigenvalue weighted by atomic mass is 10.7. The zero-order valence-corrected chi connectivity index (χ0v) is 4.22. The minimum Gasteiger partial charge on any atom is -0.376 e. The molecule has 42 valence electrons. The lowest BCUT2D eigenvalue weighted by Crippen LogP contribution is -2.09. The topological polar surface area (TPSA) is 49.0 Å². The van der Waals surface area contributed by atoms with Gasteiger partial charge >= 0.3 is 0 Å². The minimum absolute atomic E-state index is 0.212. The van der Waals surface area contributed by atoms with E-state index in [0.29, 0.717) is 6.61 Å². The Kier molecular flexibility index (Phi) is 3.98. The SMILES string of the molecule is CCOCC([O])[O]. The van der Waals surface area contributed by atoms with Gasteiger partial charge in [0.2, 0.25) is 6.29 Å². The van der Waals surface area contributed by atoms with Crippen molar-refractivity contribution >= 4 is 0 Å². The Morgan fingerprint density at radius 2 is 2.14 bits per heavy atom. The van der Waals surface area contributed by atoms with E-state index in [1.165, 1.54) is 0 Å². The summed E-state index contributed by atoms with van der Waals surface area (Å²) in [5, 5.41) is 19.2. The molecule has 0 spiro atoms. The Hall–Kier alpha value is -0.120. The van der Waals surface area contributed by atoms with Gasteiger partial charge in [-0.25, -0.2) is 0 Å². The van der Waals surface area contributed by atoms with Crippen molar-refractivity contribution in [3.63, 3.8) is 0 Å². The van der Waals surface area contributed by atoms with E-state index in [1.807, 2.05) is 0 Å². The van der Waals surface area contributed by atoms with Gasteiger partial charge in [0.05, 0.1) is 0 Å². The number of rotatable bonds is 3. The molecule has 0 aliphatic carbocycles. The highest BCUT2D eigenvalue weighted by atomic mass is 16.5. The third-order valence-electron chi connectivity index (χ3n) is 0.458. The zero-order chi connectivity index (χ0) is 5.70. The highest BCUT2D eigenvalue weighted by Gasteiger charge is 1.97. The predicted molar refractivity (Wildman–Crippen MR) is 21.7 cm³/mol. The molecule has 0 N–H and O–H groups in total. The molecule has 0 unspecified atom stereocenters. The van der Waals surface area contributed by atoms with Gasteiger partial charge in [-0.3, -0.25) is 0 Å². The maximum Gasteiger partial charge on any atom is 0.247 e. The first-order valence-corrected chi connectivity index (χ1v) is 2.16. The van der Waals surface area contributed by atoms with Crippen LogP contribution in [0.15, 0.2) is 0 Å². The summed E-state index contributed by atoms with van der Waals surface area (Å²) in [7, 11) is 0. The van der Waals surface area contributed by atoms with Gasteiger partial charge in [0, 0.05) is 6.61 Å². The average molecular weight is 104 g/mol.